The third kappa shape index (κ3) is 5.53. The molecule has 0 aliphatic heterocycles. The van der Waals surface area contributed by atoms with Crippen molar-refractivity contribution in [2.45, 2.75) is 78.8 Å². The lowest BCUT2D eigenvalue weighted by atomic mass is 9.96. The fraction of sp³-hybridized carbons (Fsp3) is 0.619. The Morgan fingerprint density at radius 1 is 1.21 bits per heavy atom. The molecule has 2 heterocycles. The summed E-state index contributed by atoms with van der Waals surface area (Å²) in [5, 5.41) is 4.35. The van der Waals surface area contributed by atoms with Gasteiger partial charge in [-0.25, -0.2) is 4.98 Å². The van der Waals surface area contributed by atoms with Gasteiger partial charge in [0.1, 0.15) is 5.65 Å². The molecular formula is C21H33N5O2. The van der Waals surface area contributed by atoms with Crippen molar-refractivity contribution >= 4 is 22.9 Å². The van der Waals surface area contributed by atoms with Gasteiger partial charge in [0, 0.05) is 35.1 Å². The first kappa shape index (κ1) is 21.9. The van der Waals surface area contributed by atoms with Gasteiger partial charge < -0.3 is 11.1 Å². The first-order valence-electron chi connectivity index (χ1n) is 10.2. The van der Waals surface area contributed by atoms with Crippen LogP contribution in [0.25, 0.3) is 11.0 Å². The van der Waals surface area contributed by atoms with E-state index < -0.39 is 0 Å². The zero-order valence-electron chi connectivity index (χ0n) is 17.7. The van der Waals surface area contributed by atoms with Crippen LogP contribution in [0, 0.1) is 12.8 Å². The quantitative estimate of drug-likeness (QED) is 0.835. The second kappa shape index (κ2) is 9.66. The molecule has 0 aromatic carbocycles. The van der Waals surface area contributed by atoms with Crippen LogP contribution in [0.4, 0.5) is 5.95 Å². The Balaban J connectivity index is 0.000000409. The van der Waals surface area contributed by atoms with Crippen LogP contribution in [0.15, 0.2) is 17.1 Å². The normalized spacial score (nSPS) is 14.8. The van der Waals surface area contributed by atoms with Gasteiger partial charge in [-0.1, -0.05) is 33.1 Å². The maximum Gasteiger partial charge on any atom is 0.255 e. The third-order valence-corrected chi connectivity index (χ3v) is 4.98. The van der Waals surface area contributed by atoms with Crippen LogP contribution in [0.5, 0.6) is 0 Å². The molecule has 3 N–H and O–H groups in total. The fourth-order valence-electron chi connectivity index (χ4n) is 3.24. The molecule has 1 aliphatic rings. The Kier molecular flexibility index (Phi) is 7.54. The fourth-order valence-corrected chi connectivity index (χ4v) is 3.24. The summed E-state index contributed by atoms with van der Waals surface area (Å²) in [4.78, 5) is 31.4. The van der Waals surface area contributed by atoms with Crippen molar-refractivity contribution in [3.8, 4) is 0 Å². The molecule has 28 heavy (non-hydrogen) atoms. The molecule has 1 amide bonds. The van der Waals surface area contributed by atoms with Crippen LogP contribution in [0.2, 0.25) is 0 Å². The molecular weight excluding hydrogens is 354 g/mol. The third-order valence-electron chi connectivity index (χ3n) is 4.98. The Morgan fingerprint density at radius 2 is 1.82 bits per heavy atom. The molecule has 1 fully saturated rings. The second-order valence-electron chi connectivity index (χ2n) is 8.11. The molecule has 7 nitrogen and oxygen atoms in total. The van der Waals surface area contributed by atoms with Crippen molar-refractivity contribution in [3.05, 3.63) is 28.2 Å². The highest BCUT2D eigenvalue weighted by Crippen LogP contribution is 2.21. The van der Waals surface area contributed by atoms with E-state index in [-0.39, 0.29) is 23.4 Å². The predicted octanol–water partition coefficient (Wildman–Crippen LogP) is 3.55. The maximum atomic E-state index is 12.4. The smallest absolute Gasteiger partial charge is 0.255 e. The largest absolute Gasteiger partial charge is 0.369 e. The number of carbonyl (C=O) groups is 1. The Hall–Kier alpha value is -2.44. The number of primary amides is 1. The molecule has 0 bridgehead atoms. The molecule has 0 atom stereocenters. The van der Waals surface area contributed by atoms with Crippen molar-refractivity contribution in [2.75, 3.05) is 5.32 Å². The van der Waals surface area contributed by atoms with Crippen molar-refractivity contribution in [3.63, 3.8) is 0 Å². The van der Waals surface area contributed by atoms with E-state index >= 15 is 0 Å². The average molecular weight is 388 g/mol. The summed E-state index contributed by atoms with van der Waals surface area (Å²) in [5.41, 5.74) is 6.28. The monoisotopic (exact) mass is 387 g/mol. The van der Waals surface area contributed by atoms with E-state index in [9.17, 15) is 9.59 Å². The summed E-state index contributed by atoms with van der Waals surface area (Å²) in [7, 11) is 0. The molecule has 2 aromatic heterocycles. The molecule has 154 valence electrons. The highest BCUT2D eigenvalue weighted by atomic mass is 16.1. The van der Waals surface area contributed by atoms with Crippen molar-refractivity contribution < 1.29 is 4.79 Å². The highest BCUT2D eigenvalue weighted by molar-refractivity contribution is 5.76. The lowest BCUT2D eigenvalue weighted by Crippen LogP contribution is -2.26. The summed E-state index contributed by atoms with van der Waals surface area (Å²) in [6.07, 6.45) is 8.02. The Labute approximate surface area is 166 Å². The topological polar surface area (TPSA) is 103 Å². The number of hydrogen-bond acceptors (Lipinski definition) is 5. The summed E-state index contributed by atoms with van der Waals surface area (Å²) in [6, 6.07) is 2.41. The molecule has 0 saturated heterocycles. The van der Waals surface area contributed by atoms with Gasteiger partial charge in [0.05, 0.1) is 0 Å². The van der Waals surface area contributed by atoms with E-state index in [0.717, 1.165) is 16.6 Å². The number of amides is 1. The van der Waals surface area contributed by atoms with E-state index in [0.29, 0.717) is 12.0 Å². The van der Waals surface area contributed by atoms with Gasteiger partial charge in [-0.3, -0.25) is 14.2 Å². The number of nitrogens with zero attached hydrogens (tertiary/aromatic N) is 3. The molecule has 0 radical (unpaired) electrons. The number of pyridine rings is 1. The SMILES string of the molecule is CC(C)C(N)=O.Cc1cc2cnc(NC3CCCCC3)nc2n(C(C)C)c1=O. The van der Waals surface area contributed by atoms with Gasteiger partial charge >= 0.3 is 0 Å². The van der Waals surface area contributed by atoms with E-state index in [1.54, 1.807) is 18.4 Å². The van der Waals surface area contributed by atoms with Crippen LogP contribution in [0.1, 0.15) is 71.4 Å². The van der Waals surface area contributed by atoms with Crippen molar-refractivity contribution in [1.82, 2.24) is 14.5 Å². The molecule has 1 aliphatic carbocycles. The number of rotatable bonds is 4. The lowest BCUT2D eigenvalue weighted by molar-refractivity contribution is -0.120. The van der Waals surface area contributed by atoms with Gasteiger partial charge in [0.15, 0.2) is 0 Å². The summed E-state index contributed by atoms with van der Waals surface area (Å²) in [5.74, 6) is 0.386. The average Bonchev–Trinajstić information content (AvgIpc) is 2.64. The van der Waals surface area contributed by atoms with E-state index in [1.807, 2.05) is 33.0 Å². The van der Waals surface area contributed by atoms with Gasteiger partial charge in [0.2, 0.25) is 11.9 Å². The van der Waals surface area contributed by atoms with Crippen molar-refractivity contribution in [1.29, 1.82) is 0 Å². The number of nitrogens with two attached hydrogens (primary N) is 1. The minimum absolute atomic E-state index is 0.00926. The number of aromatic nitrogens is 3. The lowest BCUT2D eigenvalue weighted by Gasteiger charge is -2.23. The van der Waals surface area contributed by atoms with Crippen LogP contribution in [-0.4, -0.2) is 26.5 Å². The second-order valence-corrected chi connectivity index (χ2v) is 8.11. The van der Waals surface area contributed by atoms with Crippen LogP contribution in [0.3, 0.4) is 0 Å². The number of nitrogens with one attached hydrogen (secondary N) is 1. The minimum Gasteiger partial charge on any atom is -0.369 e. The Morgan fingerprint density at radius 3 is 2.36 bits per heavy atom. The Bertz CT molecular complexity index is 867. The predicted molar refractivity (Wildman–Crippen MR) is 113 cm³/mol. The van der Waals surface area contributed by atoms with Crippen LogP contribution < -0.4 is 16.6 Å². The number of carbonyl (C=O) groups excluding carboxylic acids is 1. The number of anilines is 1. The first-order valence-corrected chi connectivity index (χ1v) is 10.2. The number of fused-ring (bicyclic) bond motifs is 1. The van der Waals surface area contributed by atoms with E-state index in [4.69, 9.17) is 5.73 Å². The van der Waals surface area contributed by atoms with Crippen LogP contribution >= 0.6 is 0 Å². The molecule has 0 unspecified atom stereocenters. The van der Waals surface area contributed by atoms with Gasteiger partial charge in [-0.2, -0.15) is 4.98 Å². The van der Waals surface area contributed by atoms with E-state index in [2.05, 4.69) is 15.3 Å². The zero-order chi connectivity index (χ0) is 20.8. The number of aryl methyl sites for hydroxylation is 1. The first-order chi connectivity index (χ1) is 13.2. The molecule has 1 saturated carbocycles. The summed E-state index contributed by atoms with van der Waals surface area (Å²) < 4.78 is 1.76. The van der Waals surface area contributed by atoms with Gasteiger partial charge in [-0.15, -0.1) is 0 Å². The molecule has 7 heteroatoms. The number of hydrogen-bond donors (Lipinski definition) is 2. The van der Waals surface area contributed by atoms with Crippen molar-refractivity contribution in [2.24, 2.45) is 11.7 Å². The van der Waals surface area contributed by atoms with Gasteiger partial charge in [-0.05, 0) is 39.7 Å². The zero-order valence-corrected chi connectivity index (χ0v) is 17.7. The van der Waals surface area contributed by atoms with Crippen LogP contribution in [-0.2, 0) is 4.79 Å². The molecule has 3 rings (SSSR count). The standard InChI is InChI=1S/C17H24N4O.C4H9NO/c1-11(2)21-15-13(9-12(3)16(21)22)10-18-17(20-15)19-14-7-5-4-6-8-14;1-3(2)4(5)6/h9-11,14H,4-8H2,1-3H3,(H,18,19,20);3H,1-2H3,(H2,5,6). The molecule has 2 aromatic rings. The highest BCUT2D eigenvalue weighted by Gasteiger charge is 2.16. The molecule has 0 spiro atoms. The summed E-state index contributed by atoms with van der Waals surface area (Å²) >= 11 is 0. The maximum absolute atomic E-state index is 12.4. The minimum atomic E-state index is -0.241. The van der Waals surface area contributed by atoms with E-state index in [1.165, 1.54) is 32.1 Å². The summed E-state index contributed by atoms with van der Waals surface area (Å²) in [6.45, 7) is 9.40. The van der Waals surface area contributed by atoms with Gasteiger partial charge in [0.25, 0.3) is 5.56 Å².